The van der Waals surface area contributed by atoms with Crippen molar-refractivity contribution in [2.24, 2.45) is 0 Å². The molecule has 126 valence electrons. The lowest BCUT2D eigenvalue weighted by atomic mass is 10.2. The highest BCUT2D eigenvalue weighted by Crippen LogP contribution is 2.43. The molecule has 0 saturated carbocycles. The molecule has 2 heterocycles. The molecule has 0 saturated heterocycles. The number of hydrogen-bond donors (Lipinski definition) is 2. The number of pyridine rings is 1. The van der Waals surface area contributed by atoms with Crippen LogP contribution < -0.4 is 20.5 Å². The third-order valence-corrected chi connectivity index (χ3v) is 4.93. The highest BCUT2D eigenvalue weighted by Gasteiger charge is 2.18. The number of nitrogens with two attached hydrogens (primary N) is 1. The molecule has 0 atom stereocenters. The zero-order valence-electron chi connectivity index (χ0n) is 12.9. The lowest BCUT2D eigenvalue weighted by Crippen LogP contribution is -2.03. The number of aromatic nitrogens is 2. The molecule has 0 fully saturated rings. The summed E-state index contributed by atoms with van der Waals surface area (Å²) in [6.07, 6.45) is 1.42. The van der Waals surface area contributed by atoms with Gasteiger partial charge in [0.15, 0.2) is 16.8 Å². The minimum Gasteiger partial charge on any atom is -0.494 e. The molecule has 0 radical (unpaired) electrons. The molecule has 0 unspecified atom stereocenters. The molecule has 3 aromatic rings. The number of thiazole rings is 1. The van der Waals surface area contributed by atoms with Crippen LogP contribution in [0.3, 0.4) is 0 Å². The SMILES string of the molecule is CNc1nc2c(OC)cc(OCc3ccnc(N)c3F)c(Cl)c2s1. The molecule has 0 bridgehead atoms. The molecular weight excluding hydrogens is 355 g/mol. The van der Waals surface area contributed by atoms with Crippen LogP contribution in [0.4, 0.5) is 15.3 Å². The quantitative estimate of drug-likeness (QED) is 0.714. The fraction of sp³-hybridized carbons (Fsp3) is 0.200. The van der Waals surface area contributed by atoms with E-state index >= 15 is 0 Å². The van der Waals surface area contributed by atoms with Crippen LogP contribution in [0.15, 0.2) is 18.3 Å². The number of hydrogen-bond acceptors (Lipinski definition) is 7. The van der Waals surface area contributed by atoms with Crippen LogP contribution in [0.1, 0.15) is 5.56 Å². The van der Waals surface area contributed by atoms with Gasteiger partial charge in [-0.1, -0.05) is 22.9 Å². The summed E-state index contributed by atoms with van der Waals surface area (Å²) in [5, 5.41) is 4.07. The Balaban J connectivity index is 1.97. The summed E-state index contributed by atoms with van der Waals surface area (Å²) in [7, 11) is 3.31. The molecule has 1 aromatic carbocycles. The molecular formula is C15H14ClFN4O2S. The van der Waals surface area contributed by atoms with Gasteiger partial charge in [0.05, 0.1) is 11.8 Å². The second-order valence-corrected chi connectivity index (χ2v) is 6.17. The number of rotatable bonds is 5. The van der Waals surface area contributed by atoms with Crippen LogP contribution in [0.2, 0.25) is 5.02 Å². The average molecular weight is 369 g/mol. The van der Waals surface area contributed by atoms with Gasteiger partial charge in [-0.25, -0.2) is 14.4 Å². The van der Waals surface area contributed by atoms with Crippen molar-refractivity contribution >= 4 is 44.1 Å². The Morgan fingerprint density at radius 1 is 1.42 bits per heavy atom. The van der Waals surface area contributed by atoms with E-state index in [0.29, 0.717) is 27.2 Å². The zero-order valence-corrected chi connectivity index (χ0v) is 14.5. The lowest BCUT2D eigenvalue weighted by molar-refractivity contribution is 0.298. The van der Waals surface area contributed by atoms with Gasteiger partial charge in [0.1, 0.15) is 28.6 Å². The van der Waals surface area contributed by atoms with E-state index in [4.69, 9.17) is 26.8 Å². The van der Waals surface area contributed by atoms with Gasteiger partial charge in [-0.3, -0.25) is 0 Å². The summed E-state index contributed by atoms with van der Waals surface area (Å²) < 4.78 is 25.7. The van der Waals surface area contributed by atoms with E-state index in [0.717, 1.165) is 4.70 Å². The van der Waals surface area contributed by atoms with Crippen LogP contribution in [0.25, 0.3) is 10.2 Å². The largest absolute Gasteiger partial charge is 0.494 e. The van der Waals surface area contributed by atoms with Gasteiger partial charge >= 0.3 is 0 Å². The first kappa shape index (κ1) is 16.5. The van der Waals surface area contributed by atoms with Crippen LogP contribution in [0, 0.1) is 5.82 Å². The molecule has 3 N–H and O–H groups in total. The number of anilines is 2. The third kappa shape index (κ3) is 2.90. The Bertz CT molecular complexity index is 903. The van der Waals surface area contributed by atoms with Crippen molar-refractivity contribution in [2.75, 3.05) is 25.2 Å². The normalized spacial score (nSPS) is 10.8. The van der Waals surface area contributed by atoms with Gasteiger partial charge in [0.2, 0.25) is 0 Å². The lowest BCUT2D eigenvalue weighted by Gasteiger charge is -2.11. The first-order chi connectivity index (χ1) is 11.5. The number of halogens is 2. The fourth-order valence-electron chi connectivity index (χ4n) is 2.13. The van der Waals surface area contributed by atoms with Gasteiger partial charge in [-0.05, 0) is 6.07 Å². The fourth-order valence-corrected chi connectivity index (χ4v) is 3.31. The highest BCUT2D eigenvalue weighted by atomic mass is 35.5. The number of nitrogens with one attached hydrogen (secondary N) is 1. The summed E-state index contributed by atoms with van der Waals surface area (Å²) >= 11 is 7.79. The predicted molar refractivity (Wildman–Crippen MR) is 93.7 cm³/mol. The molecule has 9 heteroatoms. The maximum Gasteiger partial charge on any atom is 0.183 e. The number of methoxy groups -OCH3 is 1. The second-order valence-electron chi connectivity index (χ2n) is 4.80. The van der Waals surface area contributed by atoms with Gasteiger partial charge in [0.25, 0.3) is 0 Å². The van der Waals surface area contributed by atoms with E-state index in [9.17, 15) is 4.39 Å². The van der Waals surface area contributed by atoms with Gasteiger partial charge in [-0.2, -0.15) is 0 Å². The van der Waals surface area contributed by atoms with Crippen LogP contribution in [-0.2, 0) is 6.61 Å². The summed E-state index contributed by atoms with van der Waals surface area (Å²) in [6.45, 7) is -0.0371. The van der Waals surface area contributed by atoms with E-state index in [-0.39, 0.29) is 18.0 Å². The van der Waals surface area contributed by atoms with E-state index in [1.165, 1.54) is 30.7 Å². The summed E-state index contributed by atoms with van der Waals surface area (Å²) in [5.41, 5.74) is 6.39. The number of benzene rings is 1. The van der Waals surface area contributed by atoms with Crippen molar-refractivity contribution in [3.05, 3.63) is 34.7 Å². The molecule has 0 aliphatic heterocycles. The minimum absolute atomic E-state index is 0.0371. The summed E-state index contributed by atoms with van der Waals surface area (Å²) in [5.74, 6) is 0.132. The Labute approximate surface area is 146 Å². The summed E-state index contributed by atoms with van der Waals surface area (Å²) in [4.78, 5) is 8.09. The Kier molecular flexibility index (Phi) is 4.59. The topological polar surface area (TPSA) is 82.3 Å². The molecule has 3 rings (SSSR count). The molecule has 0 aliphatic carbocycles. The van der Waals surface area contributed by atoms with Crippen molar-refractivity contribution in [1.82, 2.24) is 9.97 Å². The van der Waals surface area contributed by atoms with Crippen molar-refractivity contribution in [3.63, 3.8) is 0 Å². The van der Waals surface area contributed by atoms with Gasteiger partial charge in [-0.15, -0.1) is 0 Å². The van der Waals surface area contributed by atoms with Crippen molar-refractivity contribution in [3.8, 4) is 11.5 Å². The summed E-state index contributed by atoms with van der Waals surface area (Å²) in [6, 6.07) is 3.13. The number of nitrogens with zero attached hydrogens (tertiary/aromatic N) is 2. The van der Waals surface area contributed by atoms with Crippen LogP contribution >= 0.6 is 22.9 Å². The molecule has 6 nitrogen and oxygen atoms in total. The molecule has 2 aromatic heterocycles. The zero-order chi connectivity index (χ0) is 17.3. The van der Waals surface area contributed by atoms with E-state index in [2.05, 4.69) is 15.3 Å². The highest BCUT2D eigenvalue weighted by molar-refractivity contribution is 7.22. The predicted octanol–water partition coefficient (Wildman–Crippen LogP) is 3.70. The maximum atomic E-state index is 13.9. The standard InChI is InChI=1S/C15H14ClFN4O2S/c1-19-15-21-12-9(22-2)5-8(10(16)13(12)24-15)23-6-7-3-4-20-14(18)11(7)17/h3-5H,6H2,1-2H3,(H2,18,20)(H,19,21). The Morgan fingerprint density at radius 3 is 2.92 bits per heavy atom. The number of fused-ring (bicyclic) bond motifs is 1. The average Bonchev–Trinajstić information content (AvgIpc) is 3.03. The number of ether oxygens (including phenoxy) is 2. The van der Waals surface area contributed by atoms with Crippen molar-refractivity contribution in [1.29, 1.82) is 0 Å². The smallest absolute Gasteiger partial charge is 0.183 e. The van der Waals surface area contributed by atoms with Gasteiger partial charge in [0, 0.05) is 24.9 Å². The van der Waals surface area contributed by atoms with Crippen LogP contribution in [0.5, 0.6) is 11.5 Å². The number of nitrogen functional groups attached to an aromatic ring is 1. The van der Waals surface area contributed by atoms with E-state index < -0.39 is 5.82 Å². The maximum absolute atomic E-state index is 13.9. The van der Waals surface area contributed by atoms with E-state index in [1.807, 2.05) is 0 Å². The minimum atomic E-state index is -0.600. The molecule has 0 aliphatic rings. The first-order valence-corrected chi connectivity index (χ1v) is 8.11. The second kappa shape index (κ2) is 6.66. The molecule has 0 amide bonds. The van der Waals surface area contributed by atoms with Crippen LogP contribution in [-0.4, -0.2) is 24.1 Å². The van der Waals surface area contributed by atoms with Crippen molar-refractivity contribution in [2.45, 2.75) is 6.61 Å². The molecule has 24 heavy (non-hydrogen) atoms. The van der Waals surface area contributed by atoms with E-state index in [1.54, 1.807) is 13.1 Å². The molecule has 0 spiro atoms. The Hall–Kier alpha value is -2.32. The van der Waals surface area contributed by atoms with Crippen molar-refractivity contribution < 1.29 is 13.9 Å². The third-order valence-electron chi connectivity index (χ3n) is 3.35. The first-order valence-electron chi connectivity index (χ1n) is 6.91. The Morgan fingerprint density at radius 2 is 2.21 bits per heavy atom. The monoisotopic (exact) mass is 368 g/mol. The van der Waals surface area contributed by atoms with Gasteiger partial charge < -0.3 is 20.5 Å².